The van der Waals surface area contributed by atoms with Crippen molar-refractivity contribution in [1.82, 2.24) is 5.16 Å². The summed E-state index contributed by atoms with van der Waals surface area (Å²) in [6.07, 6.45) is 0. The predicted molar refractivity (Wildman–Crippen MR) is 70.1 cm³/mol. The first-order chi connectivity index (χ1) is 8.56. The van der Waals surface area contributed by atoms with Gasteiger partial charge < -0.3 is 9.84 Å². The van der Waals surface area contributed by atoms with Gasteiger partial charge in [0.25, 0.3) is 0 Å². The van der Waals surface area contributed by atoms with Gasteiger partial charge in [-0.3, -0.25) is 5.32 Å². The number of carbonyl (C=O) groups is 1. The van der Waals surface area contributed by atoms with Crippen LogP contribution in [-0.2, 0) is 0 Å². The number of urea groups is 1. The molecule has 0 saturated carbocycles. The molecular formula is C12H12ClN3O2. The number of amides is 2. The van der Waals surface area contributed by atoms with E-state index in [0.29, 0.717) is 22.3 Å². The molecule has 0 fully saturated rings. The average Bonchev–Trinajstić information content (AvgIpc) is 2.70. The van der Waals surface area contributed by atoms with Gasteiger partial charge in [0.2, 0.25) is 0 Å². The van der Waals surface area contributed by atoms with E-state index in [1.807, 2.05) is 6.92 Å². The van der Waals surface area contributed by atoms with Gasteiger partial charge in [0.05, 0.1) is 0 Å². The van der Waals surface area contributed by atoms with Crippen molar-refractivity contribution in [2.75, 3.05) is 10.6 Å². The highest BCUT2D eigenvalue weighted by molar-refractivity contribution is 6.31. The van der Waals surface area contributed by atoms with E-state index in [0.717, 1.165) is 5.56 Å². The lowest BCUT2D eigenvalue weighted by Gasteiger charge is -2.09. The maximum atomic E-state index is 11.7. The topological polar surface area (TPSA) is 67.2 Å². The molecule has 0 aliphatic heterocycles. The standard InChI is InChI=1S/C12H12ClN3O2/c1-7-6-11(16-18-7)15-12(17)14-10-5-3-4-9(13)8(10)2/h3-6H,1-2H3,(H2,14,15,16,17). The number of carbonyl (C=O) groups excluding carboxylic acids is 1. The summed E-state index contributed by atoms with van der Waals surface area (Å²) in [6, 6.07) is 6.54. The van der Waals surface area contributed by atoms with Crippen molar-refractivity contribution < 1.29 is 9.32 Å². The van der Waals surface area contributed by atoms with Crippen LogP contribution < -0.4 is 10.6 Å². The molecule has 2 N–H and O–H groups in total. The fourth-order valence-corrected chi connectivity index (χ4v) is 1.61. The Bertz CT molecular complexity index is 580. The zero-order valence-corrected chi connectivity index (χ0v) is 10.7. The highest BCUT2D eigenvalue weighted by atomic mass is 35.5. The van der Waals surface area contributed by atoms with Crippen LogP contribution in [0.4, 0.5) is 16.3 Å². The number of hydrogen-bond acceptors (Lipinski definition) is 3. The summed E-state index contributed by atoms with van der Waals surface area (Å²) in [5.41, 5.74) is 1.46. The van der Waals surface area contributed by atoms with Gasteiger partial charge in [0.1, 0.15) is 5.76 Å². The third kappa shape index (κ3) is 2.81. The molecule has 0 saturated heterocycles. The molecular weight excluding hydrogens is 254 g/mol. The smallest absolute Gasteiger partial charge is 0.324 e. The van der Waals surface area contributed by atoms with Crippen molar-refractivity contribution in [3.05, 3.63) is 40.6 Å². The second-order valence-electron chi connectivity index (χ2n) is 3.81. The molecule has 2 aromatic rings. The number of rotatable bonds is 2. The van der Waals surface area contributed by atoms with Gasteiger partial charge in [-0.15, -0.1) is 0 Å². The maximum absolute atomic E-state index is 11.7. The van der Waals surface area contributed by atoms with E-state index in [4.69, 9.17) is 16.1 Å². The molecule has 5 nitrogen and oxygen atoms in total. The van der Waals surface area contributed by atoms with E-state index in [9.17, 15) is 4.79 Å². The molecule has 2 rings (SSSR count). The van der Waals surface area contributed by atoms with Gasteiger partial charge >= 0.3 is 6.03 Å². The fourth-order valence-electron chi connectivity index (χ4n) is 1.44. The van der Waals surface area contributed by atoms with Crippen molar-refractivity contribution in [1.29, 1.82) is 0 Å². The van der Waals surface area contributed by atoms with Crippen molar-refractivity contribution in [3.8, 4) is 0 Å². The van der Waals surface area contributed by atoms with Crippen LogP contribution >= 0.6 is 11.6 Å². The molecule has 0 spiro atoms. The second kappa shape index (κ2) is 5.10. The molecule has 0 aliphatic carbocycles. The van der Waals surface area contributed by atoms with Crippen LogP contribution in [0.15, 0.2) is 28.8 Å². The molecule has 1 aromatic carbocycles. The van der Waals surface area contributed by atoms with Crippen molar-refractivity contribution in [2.45, 2.75) is 13.8 Å². The highest BCUT2D eigenvalue weighted by Crippen LogP contribution is 2.23. The molecule has 94 valence electrons. The van der Waals surface area contributed by atoms with Gasteiger partial charge in [-0.1, -0.05) is 22.8 Å². The Morgan fingerprint density at radius 3 is 2.78 bits per heavy atom. The van der Waals surface area contributed by atoms with Crippen molar-refractivity contribution >= 4 is 29.1 Å². The molecule has 6 heteroatoms. The first-order valence-electron chi connectivity index (χ1n) is 5.32. The van der Waals surface area contributed by atoms with Gasteiger partial charge in [-0.05, 0) is 31.5 Å². The summed E-state index contributed by atoms with van der Waals surface area (Å²) in [5, 5.41) is 9.52. The van der Waals surface area contributed by atoms with Crippen LogP contribution in [-0.4, -0.2) is 11.2 Å². The minimum Gasteiger partial charge on any atom is -0.360 e. The normalized spacial score (nSPS) is 10.2. The van der Waals surface area contributed by atoms with E-state index < -0.39 is 6.03 Å². The SMILES string of the molecule is Cc1cc(NC(=O)Nc2cccc(Cl)c2C)no1. The van der Waals surface area contributed by atoms with Crippen LogP contribution in [0.1, 0.15) is 11.3 Å². The van der Waals surface area contributed by atoms with Gasteiger partial charge in [0, 0.05) is 16.8 Å². The number of benzene rings is 1. The second-order valence-corrected chi connectivity index (χ2v) is 4.22. The monoisotopic (exact) mass is 265 g/mol. The van der Waals surface area contributed by atoms with Crippen molar-refractivity contribution in [2.24, 2.45) is 0 Å². The number of hydrogen-bond donors (Lipinski definition) is 2. The van der Waals surface area contributed by atoms with Gasteiger partial charge in [0.15, 0.2) is 5.82 Å². The molecule has 2 amide bonds. The largest absolute Gasteiger partial charge is 0.360 e. The van der Waals surface area contributed by atoms with Crippen LogP contribution in [0.3, 0.4) is 0 Å². The number of anilines is 2. The molecule has 1 heterocycles. The van der Waals surface area contributed by atoms with E-state index in [2.05, 4.69) is 15.8 Å². The lowest BCUT2D eigenvalue weighted by atomic mass is 10.2. The van der Waals surface area contributed by atoms with Crippen molar-refractivity contribution in [3.63, 3.8) is 0 Å². The fraction of sp³-hybridized carbons (Fsp3) is 0.167. The Balaban J connectivity index is 2.05. The highest BCUT2D eigenvalue weighted by Gasteiger charge is 2.08. The third-order valence-corrected chi connectivity index (χ3v) is 2.79. The average molecular weight is 266 g/mol. The minimum absolute atomic E-state index is 0.365. The quantitative estimate of drug-likeness (QED) is 0.872. The number of aromatic nitrogens is 1. The van der Waals surface area contributed by atoms with Crippen LogP contribution in [0, 0.1) is 13.8 Å². The van der Waals surface area contributed by atoms with Crippen LogP contribution in [0.25, 0.3) is 0 Å². The summed E-state index contributed by atoms with van der Waals surface area (Å²) >= 11 is 5.96. The Kier molecular flexibility index (Phi) is 3.53. The number of aryl methyl sites for hydroxylation is 1. The van der Waals surface area contributed by atoms with Crippen LogP contribution in [0.5, 0.6) is 0 Å². The first-order valence-corrected chi connectivity index (χ1v) is 5.70. The van der Waals surface area contributed by atoms with E-state index in [-0.39, 0.29) is 0 Å². The van der Waals surface area contributed by atoms with Crippen LogP contribution in [0.2, 0.25) is 5.02 Å². The molecule has 0 aliphatic rings. The minimum atomic E-state index is -0.395. The first kappa shape index (κ1) is 12.4. The lowest BCUT2D eigenvalue weighted by molar-refractivity contribution is 0.262. The maximum Gasteiger partial charge on any atom is 0.324 e. The lowest BCUT2D eigenvalue weighted by Crippen LogP contribution is -2.20. The van der Waals surface area contributed by atoms with Gasteiger partial charge in [-0.25, -0.2) is 4.79 Å². The third-order valence-electron chi connectivity index (χ3n) is 2.39. The zero-order valence-electron chi connectivity index (χ0n) is 9.95. The van der Waals surface area contributed by atoms with Gasteiger partial charge in [-0.2, -0.15) is 0 Å². The molecule has 0 radical (unpaired) electrons. The molecule has 0 unspecified atom stereocenters. The summed E-state index contributed by atoms with van der Waals surface area (Å²) in [4.78, 5) is 11.7. The molecule has 0 bridgehead atoms. The molecule has 0 atom stereocenters. The Morgan fingerprint density at radius 1 is 1.33 bits per heavy atom. The Morgan fingerprint density at radius 2 is 2.11 bits per heavy atom. The predicted octanol–water partition coefficient (Wildman–Crippen LogP) is 3.59. The number of nitrogens with zero attached hydrogens (tertiary/aromatic N) is 1. The summed E-state index contributed by atoms with van der Waals surface area (Å²) < 4.78 is 4.84. The molecule has 1 aromatic heterocycles. The van der Waals surface area contributed by atoms with E-state index in [1.54, 1.807) is 31.2 Å². The summed E-state index contributed by atoms with van der Waals surface area (Å²) in [7, 11) is 0. The number of nitrogens with one attached hydrogen (secondary N) is 2. The zero-order chi connectivity index (χ0) is 13.1. The molecule has 18 heavy (non-hydrogen) atoms. The van der Waals surface area contributed by atoms with E-state index >= 15 is 0 Å². The summed E-state index contributed by atoms with van der Waals surface area (Å²) in [5.74, 6) is 0.994. The number of halogens is 1. The Hall–Kier alpha value is -2.01. The Labute approximate surface area is 109 Å². The van der Waals surface area contributed by atoms with E-state index in [1.165, 1.54) is 0 Å². The summed E-state index contributed by atoms with van der Waals surface area (Å²) in [6.45, 7) is 3.58.